The lowest BCUT2D eigenvalue weighted by Crippen LogP contribution is -2.55. The molecule has 3 fully saturated rings. The molecule has 2 aromatic heterocycles. The summed E-state index contributed by atoms with van der Waals surface area (Å²) in [6.07, 6.45) is 2.06. The SMILES string of the molecule is C[C@@]1(O)CN(c2nc(OC[C@@]34CCCN3C[C@H](F)C4)nc3c(F)c(-c4cc(O)cc5ccccc45)ncc23)CC[C@@H]1O. The Labute approximate surface area is 241 Å². The summed E-state index contributed by atoms with van der Waals surface area (Å²) in [4.78, 5) is 17.5. The lowest BCUT2D eigenvalue weighted by atomic mass is 9.91. The minimum atomic E-state index is -1.41. The summed E-state index contributed by atoms with van der Waals surface area (Å²) in [5.74, 6) is -0.392. The fourth-order valence-corrected chi connectivity index (χ4v) is 6.99. The Hall–Kier alpha value is -3.67. The van der Waals surface area contributed by atoms with Gasteiger partial charge in [0.1, 0.15) is 41.2 Å². The van der Waals surface area contributed by atoms with Crippen molar-refractivity contribution >= 4 is 27.5 Å². The number of nitrogens with zero attached hydrogens (tertiary/aromatic N) is 5. The number of benzene rings is 2. The highest BCUT2D eigenvalue weighted by molar-refractivity contribution is 5.99. The van der Waals surface area contributed by atoms with E-state index in [1.807, 2.05) is 24.3 Å². The monoisotopic (exact) mass is 577 g/mol. The van der Waals surface area contributed by atoms with Crippen LogP contribution in [0.2, 0.25) is 0 Å². The number of aromatic hydroxyl groups is 1. The topological polar surface area (TPSA) is 115 Å². The second-order valence-electron chi connectivity index (χ2n) is 12.2. The number of ether oxygens (including phenoxy) is 1. The molecule has 220 valence electrons. The number of phenols is 1. The Bertz CT molecular complexity index is 1690. The van der Waals surface area contributed by atoms with Crippen LogP contribution in [0.5, 0.6) is 11.8 Å². The first kappa shape index (κ1) is 27.2. The van der Waals surface area contributed by atoms with Crippen LogP contribution < -0.4 is 9.64 Å². The zero-order valence-corrected chi connectivity index (χ0v) is 23.3. The highest BCUT2D eigenvalue weighted by Crippen LogP contribution is 2.41. The molecule has 3 aliphatic rings. The molecule has 11 heteroatoms. The van der Waals surface area contributed by atoms with Crippen LogP contribution in [-0.4, -0.2) is 91.4 Å². The number of hydrogen-bond donors (Lipinski definition) is 3. The molecule has 0 aliphatic carbocycles. The van der Waals surface area contributed by atoms with Crippen molar-refractivity contribution in [1.82, 2.24) is 19.9 Å². The van der Waals surface area contributed by atoms with Gasteiger partial charge in [0.2, 0.25) is 0 Å². The third-order valence-corrected chi connectivity index (χ3v) is 9.18. The Morgan fingerprint density at radius 2 is 1.98 bits per heavy atom. The van der Waals surface area contributed by atoms with Gasteiger partial charge in [-0.2, -0.15) is 9.97 Å². The van der Waals surface area contributed by atoms with Gasteiger partial charge in [-0.15, -0.1) is 0 Å². The van der Waals surface area contributed by atoms with Gasteiger partial charge in [0.15, 0.2) is 5.82 Å². The molecule has 9 nitrogen and oxygen atoms in total. The first-order valence-corrected chi connectivity index (χ1v) is 14.4. The van der Waals surface area contributed by atoms with E-state index >= 15 is 4.39 Å². The average Bonchev–Trinajstić information content (AvgIpc) is 3.48. The largest absolute Gasteiger partial charge is 0.508 e. The molecule has 5 heterocycles. The van der Waals surface area contributed by atoms with E-state index in [-0.39, 0.29) is 42.5 Å². The number of alkyl halides is 1. The minimum Gasteiger partial charge on any atom is -0.508 e. The standard InChI is InChI=1S/C31H33F2N5O4/c1-30(41)16-37(10-7-24(30)40)28-23-14-34-26(22-12-20(39)11-18-5-2-3-6-21(18)22)25(33)27(23)35-29(36-28)42-17-31-8-4-9-38(31)15-19(32)13-31/h2-3,5-6,11-12,14,19,24,39-41H,4,7-10,13,15-17H2,1H3/t19-,24+,30-,31+/m1/s1. The van der Waals surface area contributed by atoms with E-state index in [0.29, 0.717) is 36.3 Å². The van der Waals surface area contributed by atoms with Gasteiger partial charge in [-0.25, -0.2) is 8.78 Å². The van der Waals surface area contributed by atoms with Gasteiger partial charge < -0.3 is 25.0 Å². The first-order chi connectivity index (χ1) is 20.1. The highest BCUT2D eigenvalue weighted by Gasteiger charge is 2.49. The predicted octanol–water partition coefficient (Wildman–Crippen LogP) is 3.97. The fourth-order valence-electron chi connectivity index (χ4n) is 6.99. The molecule has 0 saturated carbocycles. The number of piperidine rings is 1. The summed E-state index contributed by atoms with van der Waals surface area (Å²) in [6, 6.07) is 10.4. The number of pyridine rings is 1. The number of phenolic OH excluding ortho intramolecular Hbond substituents is 1. The molecule has 0 radical (unpaired) electrons. The van der Waals surface area contributed by atoms with Crippen LogP contribution in [0.1, 0.15) is 32.6 Å². The molecule has 0 bridgehead atoms. The van der Waals surface area contributed by atoms with E-state index in [9.17, 15) is 19.7 Å². The lowest BCUT2D eigenvalue weighted by molar-refractivity contribution is -0.0693. The molecule has 4 atom stereocenters. The van der Waals surface area contributed by atoms with Gasteiger partial charge >= 0.3 is 6.01 Å². The molecule has 42 heavy (non-hydrogen) atoms. The van der Waals surface area contributed by atoms with E-state index < -0.39 is 29.2 Å². The van der Waals surface area contributed by atoms with Crippen LogP contribution in [0.25, 0.3) is 32.9 Å². The Morgan fingerprint density at radius 1 is 1.14 bits per heavy atom. The van der Waals surface area contributed by atoms with Crippen LogP contribution in [0.3, 0.4) is 0 Å². The zero-order chi connectivity index (χ0) is 29.2. The van der Waals surface area contributed by atoms with Gasteiger partial charge in [-0.3, -0.25) is 9.88 Å². The molecular weight excluding hydrogens is 544 g/mol. The summed E-state index contributed by atoms with van der Waals surface area (Å²) in [6.45, 7) is 3.33. The van der Waals surface area contributed by atoms with E-state index in [1.54, 1.807) is 17.9 Å². The number of β-amino-alcohol motifs (C(OH)–C–C–N with tert-alkyl or cyclic N) is 1. The molecule has 0 amide bonds. The Kier molecular flexibility index (Phi) is 6.45. The first-order valence-electron chi connectivity index (χ1n) is 14.4. The number of rotatable bonds is 5. The number of aromatic nitrogens is 3. The lowest BCUT2D eigenvalue weighted by Gasteiger charge is -2.41. The van der Waals surface area contributed by atoms with Crippen molar-refractivity contribution in [2.45, 2.75) is 56.0 Å². The van der Waals surface area contributed by atoms with Crippen LogP contribution in [0.15, 0.2) is 42.6 Å². The van der Waals surface area contributed by atoms with Gasteiger partial charge in [0.25, 0.3) is 0 Å². The van der Waals surface area contributed by atoms with Gasteiger partial charge in [-0.1, -0.05) is 24.3 Å². The maximum Gasteiger partial charge on any atom is 0.319 e. The van der Waals surface area contributed by atoms with E-state index in [0.717, 1.165) is 30.2 Å². The van der Waals surface area contributed by atoms with Crippen LogP contribution in [0, 0.1) is 5.82 Å². The van der Waals surface area contributed by atoms with E-state index in [2.05, 4.69) is 19.9 Å². The van der Waals surface area contributed by atoms with Gasteiger partial charge in [0, 0.05) is 31.3 Å². The van der Waals surface area contributed by atoms with Crippen molar-refractivity contribution in [2.24, 2.45) is 0 Å². The molecule has 3 N–H and O–H groups in total. The predicted molar refractivity (Wildman–Crippen MR) is 154 cm³/mol. The van der Waals surface area contributed by atoms with Crippen molar-refractivity contribution in [3.05, 3.63) is 48.4 Å². The summed E-state index contributed by atoms with van der Waals surface area (Å²) in [7, 11) is 0. The van der Waals surface area contributed by atoms with Crippen LogP contribution in [0.4, 0.5) is 14.6 Å². The van der Waals surface area contributed by atoms with Crippen molar-refractivity contribution in [2.75, 3.05) is 37.7 Å². The van der Waals surface area contributed by atoms with E-state index in [4.69, 9.17) is 4.74 Å². The summed E-state index contributed by atoms with van der Waals surface area (Å²) < 4.78 is 37.0. The number of halogens is 2. The third-order valence-electron chi connectivity index (χ3n) is 9.18. The average molecular weight is 578 g/mol. The number of fused-ring (bicyclic) bond motifs is 3. The molecular formula is C31H33F2N5O4. The van der Waals surface area contributed by atoms with Crippen molar-refractivity contribution < 1.29 is 28.8 Å². The quantitative estimate of drug-likeness (QED) is 0.324. The molecule has 7 rings (SSSR count). The molecule has 0 unspecified atom stereocenters. The van der Waals surface area contributed by atoms with Crippen molar-refractivity contribution in [1.29, 1.82) is 0 Å². The van der Waals surface area contributed by atoms with Crippen molar-refractivity contribution in [3.8, 4) is 23.0 Å². The van der Waals surface area contributed by atoms with Crippen LogP contribution >= 0.6 is 0 Å². The zero-order valence-electron chi connectivity index (χ0n) is 23.3. The minimum absolute atomic E-state index is 0.0166. The number of hydrogen-bond acceptors (Lipinski definition) is 9. The maximum atomic E-state index is 16.5. The van der Waals surface area contributed by atoms with E-state index in [1.165, 1.54) is 12.3 Å². The van der Waals surface area contributed by atoms with Crippen molar-refractivity contribution in [3.63, 3.8) is 0 Å². The van der Waals surface area contributed by atoms with Gasteiger partial charge in [-0.05, 0) is 55.6 Å². The number of aliphatic hydroxyl groups excluding tert-OH is 1. The molecule has 4 aromatic rings. The number of aliphatic hydroxyl groups is 2. The summed E-state index contributed by atoms with van der Waals surface area (Å²) >= 11 is 0. The molecule has 2 aromatic carbocycles. The van der Waals surface area contributed by atoms with Gasteiger partial charge in [0.05, 0.1) is 23.6 Å². The fraction of sp³-hybridized carbons (Fsp3) is 0.452. The maximum absolute atomic E-state index is 16.5. The molecule has 3 saturated heterocycles. The summed E-state index contributed by atoms with van der Waals surface area (Å²) in [5.41, 5.74) is -1.44. The smallest absolute Gasteiger partial charge is 0.319 e. The third kappa shape index (κ3) is 4.50. The van der Waals surface area contributed by atoms with Crippen LogP contribution in [-0.2, 0) is 0 Å². The highest BCUT2D eigenvalue weighted by atomic mass is 19.1. The Morgan fingerprint density at radius 3 is 2.81 bits per heavy atom. The second-order valence-corrected chi connectivity index (χ2v) is 12.2. The summed E-state index contributed by atoms with van der Waals surface area (Å²) in [5, 5.41) is 33.4. The second kappa shape index (κ2) is 9.96. The molecule has 3 aliphatic heterocycles. The normalized spacial score (nSPS) is 28.1. The molecule has 0 spiro atoms. The number of anilines is 1. The Balaban J connectivity index is 1.35.